The van der Waals surface area contributed by atoms with Crippen LogP contribution < -0.4 is 4.90 Å². The van der Waals surface area contributed by atoms with Gasteiger partial charge in [0.15, 0.2) is 0 Å². The average Bonchev–Trinajstić information content (AvgIpc) is 3.53. The molecule has 0 aromatic heterocycles. The lowest BCUT2D eigenvalue weighted by Crippen LogP contribution is -2.60. The summed E-state index contributed by atoms with van der Waals surface area (Å²) in [5, 5.41) is 9.28. The molecule has 7 nitrogen and oxygen atoms in total. The van der Waals surface area contributed by atoms with Gasteiger partial charge in [-0.25, -0.2) is 0 Å². The highest BCUT2D eigenvalue weighted by Crippen LogP contribution is 2.71. The molecule has 0 aliphatic carbocycles. The Kier molecular flexibility index (Phi) is 10.7. The number of nitrogens with zero attached hydrogens (tertiary/aromatic N) is 3. The molecule has 1 spiro atoms. The molecule has 0 saturated carbocycles. The lowest BCUT2D eigenvalue weighted by Gasteiger charge is -2.46. The zero-order chi connectivity index (χ0) is 33.2. The summed E-state index contributed by atoms with van der Waals surface area (Å²) in [5.74, 6) is -1.29. The predicted octanol–water partition coefficient (Wildman–Crippen LogP) is 6.47. The Hall–Kier alpha value is -2.58. The molecule has 3 amide bonds. The number of hydrogen-bond acceptors (Lipinski definition) is 5. The van der Waals surface area contributed by atoms with Crippen molar-refractivity contribution >= 4 is 35.2 Å². The average molecular weight is 638 g/mol. The quantitative estimate of drug-likeness (QED) is 0.176. The van der Waals surface area contributed by atoms with Gasteiger partial charge in [0.25, 0.3) is 0 Å². The lowest BCUT2D eigenvalue weighted by molar-refractivity contribution is -0.146. The van der Waals surface area contributed by atoms with Gasteiger partial charge < -0.3 is 19.8 Å². The fraction of sp³-hybridized carbons (Fsp3) is 0.649. The van der Waals surface area contributed by atoms with Gasteiger partial charge in [-0.2, -0.15) is 0 Å². The SMILES string of the molecule is C=CCN(C(=O)[C@H]1[C@H]2C(=O)N(CCCCCCO)C(C(=O)N(CC=C)C(C)(C)CC(C)(C)C)C23CC[C@]1(C)S3)c1ccccc1. The summed E-state index contributed by atoms with van der Waals surface area (Å²) in [7, 11) is 0. The summed E-state index contributed by atoms with van der Waals surface area (Å²) in [6.07, 6.45) is 9.01. The number of carbonyl (C=O) groups excluding carboxylic acids is 3. The van der Waals surface area contributed by atoms with Crippen LogP contribution in [-0.2, 0) is 14.4 Å². The van der Waals surface area contributed by atoms with E-state index in [4.69, 9.17) is 0 Å². The van der Waals surface area contributed by atoms with Crippen molar-refractivity contribution in [3.63, 3.8) is 0 Å². The van der Waals surface area contributed by atoms with Crippen molar-refractivity contribution in [3.05, 3.63) is 55.6 Å². The Balaban J connectivity index is 1.78. The monoisotopic (exact) mass is 637 g/mol. The summed E-state index contributed by atoms with van der Waals surface area (Å²) in [5.41, 5.74) is 0.301. The van der Waals surface area contributed by atoms with E-state index in [1.165, 1.54) is 0 Å². The fourth-order valence-electron chi connectivity index (χ4n) is 8.60. The number of carbonyl (C=O) groups is 3. The van der Waals surface area contributed by atoms with E-state index < -0.39 is 32.9 Å². The molecule has 0 radical (unpaired) electrons. The highest BCUT2D eigenvalue weighted by atomic mass is 32.2. The number of aliphatic hydroxyl groups excluding tert-OH is 1. The molecule has 248 valence electrons. The summed E-state index contributed by atoms with van der Waals surface area (Å²) in [6, 6.07) is 8.95. The minimum Gasteiger partial charge on any atom is -0.396 e. The Labute approximate surface area is 275 Å². The van der Waals surface area contributed by atoms with Crippen LogP contribution in [0.5, 0.6) is 0 Å². The van der Waals surface area contributed by atoms with Gasteiger partial charge in [-0.3, -0.25) is 14.4 Å². The van der Waals surface area contributed by atoms with Crippen molar-refractivity contribution in [2.45, 2.75) is 108 Å². The molecule has 8 heteroatoms. The second kappa shape index (κ2) is 13.6. The summed E-state index contributed by atoms with van der Waals surface area (Å²) in [4.78, 5) is 50.0. The first-order valence-electron chi connectivity index (χ1n) is 16.7. The number of amides is 3. The van der Waals surface area contributed by atoms with E-state index in [2.05, 4.69) is 54.7 Å². The van der Waals surface area contributed by atoms with Gasteiger partial charge >= 0.3 is 0 Å². The number of thioether (sulfide) groups is 1. The number of anilines is 1. The molecule has 2 unspecified atom stereocenters. The van der Waals surface area contributed by atoms with Gasteiger partial charge in [0.05, 0.1) is 16.6 Å². The third-order valence-corrected chi connectivity index (χ3v) is 12.0. The van der Waals surface area contributed by atoms with Crippen molar-refractivity contribution in [2.75, 3.05) is 31.1 Å². The number of unbranched alkanes of at least 4 members (excludes halogenated alkanes) is 3. The van der Waals surface area contributed by atoms with Gasteiger partial charge in [0.2, 0.25) is 17.7 Å². The van der Waals surface area contributed by atoms with Crippen LogP contribution in [-0.4, -0.2) is 79.9 Å². The summed E-state index contributed by atoms with van der Waals surface area (Å²) >= 11 is 1.73. The van der Waals surface area contributed by atoms with E-state index in [-0.39, 0.29) is 29.7 Å². The minimum atomic E-state index is -0.678. The van der Waals surface area contributed by atoms with Crippen LogP contribution in [0.3, 0.4) is 0 Å². The number of hydrogen-bond donors (Lipinski definition) is 1. The Morgan fingerprint density at radius 2 is 1.64 bits per heavy atom. The summed E-state index contributed by atoms with van der Waals surface area (Å²) in [6.45, 7) is 22.2. The van der Waals surface area contributed by atoms with Crippen LogP contribution in [0, 0.1) is 17.3 Å². The van der Waals surface area contributed by atoms with Crippen molar-refractivity contribution in [1.82, 2.24) is 9.80 Å². The van der Waals surface area contributed by atoms with Crippen LogP contribution >= 0.6 is 11.8 Å². The highest BCUT2D eigenvalue weighted by molar-refractivity contribution is 8.02. The molecule has 3 fully saturated rings. The predicted molar refractivity (Wildman–Crippen MR) is 185 cm³/mol. The lowest BCUT2D eigenvalue weighted by atomic mass is 9.66. The molecular formula is C37H55N3O4S. The van der Waals surface area contributed by atoms with E-state index in [9.17, 15) is 14.7 Å². The standard InChI is InChI=1S/C37H55N3O4S/c1-9-22-38(27-18-14-13-15-19-27)31(42)28-29-32(43)39(24-16-11-12-17-25-41)30(37(29)21-20-36(28,8)45-37)33(44)40(23-10-2)35(6,7)26-34(3,4)5/h9-10,13-15,18-19,28-30,41H,1-2,11-12,16-17,20-26H2,3-8H3/t28-,29+,30?,36+,37?/m1/s1. The maximum absolute atomic E-state index is 15.1. The van der Waals surface area contributed by atoms with Gasteiger partial charge in [0, 0.05) is 42.2 Å². The van der Waals surface area contributed by atoms with Crippen molar-refractivity contribution in [1.29, 1.82) is 0 Å². The molecule has 4 rings (SSSR count). The van der Waals surface area contributed by atoms with Gasteiger partial charge in [0.1, 0.15) is 6.04 Å². The molecule has 3 aliphatic rings. The number of likely N-dealkylation sites (tertiary alicyclic amines) is 1. The van der Waals surface area contributed by atoms with Crippen molar-refractivity contribution < 1.29 is 19.5 Å². The van der Waals surface area contributed by atoms with Crippen molar-refractivity contribution in [3.8, 4) is 0 Å². The second-order valence-corrected chi connectivity index (χ2v) is 17.2. The molecule has 1 aromatic rings. The number of aliphatic hydroxyl groups is 1. The third kappa shape index (κ3) is 6.78. The normalized spacial score (nSPS) is 27.4. The Morgan fingerprint density at radius 3 is 2.24 bits per heavy atom. The minimum absolute atomic E-state index is 0.0144. The maximum Gasteiger partial charge on any atom is 0.247 e. The van der Waals surface area contributed by atoms with Crippen LogP contribution in [0.2, 0.25) is 0 Å². The van der Waals surface area contributed by atoms with Gasteiger partial charge in [-0.1, -0.05) is 64.0 Å². The molecular weight excluding hydrogens is 582 g/mol. The molecule has 1 N–H and O–H groups in total. The molecule has 5 atom stereocenters. The van der Waals surface area contributed by atoms with E-state index in [1.54, 1.807) is 28.8 Å². The number of rotatable bonds is 15. The van der Waals surface area contributed by atoms with E-state index in [0.29, 0.717) is 19.6 Å². The Bertz CT molecular complexity index is 1260. The topological polar surface area (TPSA) is 81.2 Å². The molecule has 3 aliphatic heterocycles. The van der Waals surface area contributed by atoms with E-state index in [1.807, 2.05) is 40.1 Å². The van der Waals surface area contributed by atoms with Gasteiger partial charge in [-0.15, -0.1) is 24.9 Å². The smallest absolute Gasteiger partial charge is 0.247 e. The molecule has 1 aromatic carbocycles. The zero-order valence-electron chi connectivity index (χ0n) is 28.4. The first-order valence-corrected chi connectivity index (χ1v) is 17.5. The van der Waals surface area contributed by atoms with Crippen LogP contribution in [0.4, 0.5) is 5.69 Å². The fourth-order valence-corrected chi connectivity index (χ4v) is 10.9. The van der Waals surface area contributed by atoms with Gasteiger partial charge in [-0.05, 0) is 70.4 Å². The largest absolute Gasteiger partial charge is 0.396 e. The van der Waals surface area contributed by atoms with E-state index in [0.717, 1.165) is 50.6 Å². The molecule has 3 heterocycles. The second-order valence-electron chi connectivity index (χ2n) is 15.3. The van der Waals surface area contributed by atoms with Crippen LogP contribution in [0.25, 0.3) is 0 Å². The zero-order valence-corrected chi connectivity index (χ0v) is 29.2. The highest BCUT2D eigenvalue weighted by Gasteiger charge is 2.77. The summed E-state index contributed by atoms with van der Waals surface area (Å²) < 4.78 is -1.14. The van der Waals surface area contributed by atoms with Crippen molar-refractivity contribution in [2.24, 2.45) is 17.3 Å². The van der Waals surface area contributed by atoms with E-state index >= 15 is 4.79 Å². The first-order chi connectivity index (χ1) is 21.2. The number of fused-ring (bicyclic) bond motifs is 1. The number of para-hydroxylation sites is 1. The van der Waals surface area contributed by atoms with Crippen LogP contribution in [0.1, 0.15) is 86.5 Å². The third-order valence-electron chi connectivity index (χ3n) is 10.0. The number of benzene rings is 1. The molecule has 45 heavy (non-hydrogen) atoms. The Morgan fingerprint density at radius 1 is 1.00 bits per heavy atom. The first kappa shape index (κ1) is 35.3. The molecule has 2 bridgehead atoms. The maximum atomic E-state index is 15.1. The molecule has 3 saturated heterocycles. The van der Waals surface area contributed by atoms with Crippen LogP contribution in [0.15, 0.2) is 55.6 Å².